The van der Waals surface area contributed by atoms with Crippen LogP contribution in [0.25, 0.3) is 133 Å². The third kappa shape index (κ3) is 19.8. The Bertz CT molecular complexity index is 6220. The van der Waals surface area contributed by atoms with E-state index in [0.29, 0.717) is 34.2 Å². The van der Waals surface area contributed by atoms with Gasteiger partial charge in [-0.1, -0.05) is 41.5 Å². The summed E-state index contributed by atoms with van der Waals surface area (Å²) in [4.78, 5) is 120. The molecule has 0 fully saturated rings. The van der Waals surface area contributed by atoms with E-state index in [2.05, 4.69) is 131 Å². The van der Waals surface area contributed by atoms with Gasteiger partial charge in [0, 0.05) is 102 Å². The largest absolute Gasteiger partial charge is 3.00 e. The fourth-order valence-corrected chi connectivity index (χ4v) is 18.6. The number of fused-ring (bicyclic) bond motifs is 24. The van der Waals surface area contributed by atoms with Gasteiger partial charge in [-0.15, -0.1) is 0 Å². The Balaban J connectivity index is 0.000000185. The first-order chi connectivity index (χ1) is 60.0. The Labute approximate surface area is 765 Å². The molecular formula is C102H108Fe2N12O12. The summed E-state index contributed by atoms with van der Waals surface area (Å²) in [6.07, 6.45) is 5.88. The van der Waals surface area contributed by atoms with E-state index in [-0.39, 0.29) is 111 Å². The van der Waals surface area contributed by atoms with E-state index >= 15 is 0 Å². The van der Waals surface area contributed by atoms with E-state index in [9.17, 15) is 59.4 Å². The number of carboxylic acid groups (broad SMARTS) is 6. The Morgan fingerprint density at radius 3 is 0.484 bits per heavy atom. The standard InChI is InChI=1S/3C34H38N4O4.2Fe/c3*1-7-21-17(3)25-13-26-19(5)23(9-11-33(39)40)31(37-26)16-32-24(10-12-34(41)42)20(6)28(38-32)15-30-22(8-2)18(4)27(36-30)14-29(21)35-25;;/h3*13-16,35-36H,7-12H2,1-6H3,(H,39,40)(H,41,42);;/q;;;2*+3/p-6. The van der Waals surface area contributed by atoms with Crippen LogP contribution in [0.2, 0.25) is 0 Å². The Kier molecular flexibility index (Phi) is 30.3. The van der Waals surface area contributed by atoms with Crippen molar-refractivity contribution in [3.05, 3.63) is 208 Å². The van der Waals surface area contributed by atoms with Gasteiger partial charge in [-0.2, -0.15) is 0 Å². The molecule has 0 aromatic carbocycles. The van der Waals surface area contributed by atoms with Crippen LogP contribution in [-0.2, 0) is 101 Å². The molecule has 24 nitrogen and oxygen atoms in total. The smallest absolute Gasteiger partial charge is 0.550 e. The van der Waals surface area contributed by atoms with Crippen LogP contribution < -0.4 is 30.6 Å². The van der Waals surface area contributed by atoms with Crippen molar-refractivity contribution >= 4 is 169 Å². The summed E-state index contributed by atoms with van der Waals surface area (Å²) in [5.74, 6) is -6.75. The first-order valence-electron chi connectivity index (χ1n) is 43.7. The fraction of sp³-hybridized carbons (Fsp3) is 0.353. The van der Waals surface area contributed by atoms with E-state index in [0.717, 1.165) is 222 Å². The second-order valence-electron chi connectivity index (χ2n) is 33.3. The molecule has 0 spiro atoms. The third-order valence-electron chi connectivity index (χ3n) is 26.0. The van der Waals surface area contributed by atoms with Crippen molar-refractivity contribution in [3.8, 4) is 0 Å². The molecule has 6 N–H and O–H groups in total. The summed E-state index contributed by atoms with van der Waals surface area (Å²) in [7, 11) is 0. The molecule has 128 heavy (non-hydrogen) atoms. The number of nitrogens with one attached hydrogen (secondary N) is 6. The van der Waals surface area contributed by atoms with Gasteiger partial charge in [0.05, 0.1) is 68.3 Å². The molecule has 6 aliphatic rings. The van der Waals surface area contributed by atoms with Crippen LogP contribution in [0.4, 0.5) is 0 Å². The monoisotopic (exact) mass is 1800 g/mol. The number of H-pyrrole nitrogens is 6. The van der Waals surface area contributed by atoms with Gasteiger partial charge in [-0.05, 0) is 405 Å². The average Bonchev–Trinajstić information content (AvgIpc) is 1.62. The molecule has 0 unspecified atom stereocenters. The number of carbonyl (C=O) groups excluding carboxylic acids is 6. The second-order valence-corrected chi connectivity index (χ2v) is 33.3. The maximum atomic E-state index is 11.4. The number of aromatic amines is 6. The van der Waals surface area contributed by atoms with Gasteiger partial charge in [0.15, 0.2) is 0 Å². The summed E-state index contributed by atoms with van der Waals surface area (Å²) >= 11 is 0. The molecule has 0 saturated carbocycles. The van der Waals surface area contributed by atoms with Gasteiger partial charge in [0.2, 0.25) is 0 Å². The van der Waals surface area contributed by atoms with E-state index in [1.807, 2.05) is 96.1 Å². The molecule has 6 aliphatic heterocycles. The predicted molar refractivity (Wildman–Crippen MR) is 488 cm³/mol. The minimum atomic E-state index is -1.13. The quantitative estimate of drug-likeness (QED) is 0.0306. The van der Waals surface area contributed by atoms with Crippen LogP contribution in [-0.4, -0.2) is 95.6 Å². The van der Waals surface area contributed by atoms with Crippen LogP contribution in [0, 0.1) is 41.5 Å². The maximum absolute atomic E-state index is 11.4. The van der Waals surface area contributed by atoms with Crippen molar-refractivity contribution in [2.75, 3.05) is 0 Å². The molecule has 0 atom stereocenters. The first-order valence-corrected chi connectivity index (χ1v) is 43.7. The molecule has 2 radical (unpaired) electrons. The molecule has 0 saturated heterocycles. The molecule has 664 valence electrons. The zero-order valence-corrected chi connectivity index (χ0v) is 78.2. The molecule has 15 heterocycles. The van der Waals surface area contributed by atoms with Crippen molar-refractivity contribution in [3.63, 3.8) is 0 Å². The molecule has 26 heteroatoms. The molecule has 0 amide bonds. The van der Waals surface area contributed by atoms with Crippen LogP contribution in [0.5, 0.6) is 0 Å². The van der Waals surface area contributed by atoms with Crippen molar-refractivity contribution in [2.45, 2.75) is 240 Å². The van der Waals surface area contributed by atoms with Crippen LogP contribution in [0.15, 0.2) is 72.8 Å². The van der Waals surface area contributed by atoms with Crippen molar-refractivity contribution in [2.24, 2.45) is 0 Å². The minimum Gasteiger partial charge on any atom is -0.550 e. The summed E-state index contributed by atoms with van der Waals surface area (Å²) in [5, 5.41) is 68.5. The van der Waals surface area contributed by atoms with Gasteiger partial charge in [0.25, 0.3) is 0 Å². The van der Waals surface area contributed by atoms with Crippen LogP contribution in [0.3, 0.4) is 0 Å². The zero-order chi connectivity index (χ0) is 90.9. The van der Waals surface area contributed by atoms with Crippen molar-refractivity contribution in [1.82, 2.24) is 59.8 Å². The van der Waals surface area contributed by atoms with Crippen LogP contribution >= 0.6 is 0 Å². The molecule has 0 aliphatic carbocycles. The zero-order valence-electron chi connectivity index (χ0n) is 75.9. The number of hydrogen-bond donors (Lipinski definition) is 6. The first kappa shape index (κ1) is 96.3. The van der Waals surface area contributed by atoms with Gasteiger partial charge >= 0.3 is 34.1 Å². The number of carbonyl (C=O) groups is 6. The number of hydrogen-bond acceptors (Lipinski definition) is 18. The maximum Gasteiger partial charge on any atom is 3.00 e. The minimum absolute atomic E-state index is 0. The number of nitrogens with zero attached hydrogens (tertiary/aromatic N) is 6. The number of carboxylic acids is 6. The number of aromatic nitrogens is 12. The van der Waals surface area contributed by atoms with E-state index in [1.165, 1.54) is 50.1 Å². The summed E-state index contributed by atoms with van der Waals surface area (Å²) in [6, 6.07) is 24.3. The summed E-state index contributed by atoms with van der Waals surface area (Å²) < 4.78 is 0. The van der Waals surface area contributed by atoms with E-state index in [1.54, 1.807) is 0 Å². The Morgan fingerprint density at radius 1 is 0.211 bits per heavy atom. The molecular weight excluding hydrogens is 1700 g/mol. The van der Waals surface area contributed by atoms with Gasteiger partial charge in [-0.3, -0.25) is 0 Å². The number of aliphatic carboxylic acids is 6. The number of allylic oxidation sites excluding steroid dienone is 12. The van der Waals surface area contributed by atoms with Crippen LogP contribution in [0.1, 0.15) is 295 Å². The Hall–Kier alpha value is -12.3. The fourth-order valence-electron chi connectivity index (χ4n) is 18.6. The van der Waals surface area contributed by atoms with Gasteiger partial charge < -0.3 is 89.3 Å². The van der Waals surface area contributed by atoms with Gasteiger partial charge in [-0.25, -0.2) is 29.9 Å². The van der Waals surface area contributed by atoms with E-state index in [4.69, 9.17) is 29.9 Å². The number of aryl methyl sites for hydroxylation is 12. The topological polar surface area (TPSA) is 413 Å². The third-order valence-corrected chi connectivity index (χ3v) is 26.0. The SMILES string of the molecule is CCc1c(C)c2cc3[nH]c(cc4nc(cc5nc(cc1[nH]2)C(C)=C5CCC(=O)[O-])C(CCC(=O)[O-])=C4C)c(C)c3CC.CCc1c(C)c2cc3[nH]c(cc4nc(cc5nc(cc1[nH]2)C(C)=C5CCC(=O)[O-])C(CCC(=O)[O-])=C4C)c(C)c3CC.CCc1c(C)c2cc3[nH]c(cc4nc(cc5nc(cc1[nH]2)C(C)=C5CCC(=O)[O-])C(CCC(=O)[O-])=C4C)c(C)c3CC.[Fe+3].[Fe+3]. The summed E-state index contributed by atoms with van der Waals surface area (Å²) in [5.41, 5.74) is 44.8. The number of rotatable bonds is 24. The average molecular weight is 1810 g/mol. The predicted octanol–water partition coefficient (Wildman–Crippen LogP) is 14.9. The molecule has 24 bridgehead atoms. The molecule has 15 rings (SSSR count). The van der Waals surface area contributed by atoms with E-state index < -0.39 is 35.8 Å². The van der Waals surface area contributed by atoms with Gasteiger partial charge in [0.1, 0.15) is 0 Å². The normalized spacial score (nSPS) is 13.1. The summed E-state index contributed by atoms with van der Waals surface area (Å²) in [6.45, 7) is 37.3. The van der Waals surface area contributed by atoms with Crippen molar-refractivity contribution in [1.29, 1.82) is 0 Å². The molecule has 9 aromatic heterocycles. The molecule has 9 aromatic rings. The second kappa shape index (κ2) is 40.3. The van der Waals surface area contributed by atoms with Crippen molar-refractivity contribution < 1.29 is 93.5 Å². The Morgan fingerprint density at radius 2 is 0.344 bits per heavy atom.